The molecule has 0 aliphatic heterocycles. The van der Waals surface area contributed by atoms with Crippen molar-refractivity contribution < 1.29 is 8.78 Å². The van der Waals surface area contributed by atoms with E-state index < -0.39 is 11.6 Å². The number of hydrogen-bond acceptors (Lipinski definition) is 3. The maximum Gasteiger partial charge on any atom is 0.140 e. The Morgan fingerprint density at radius 2 is 2.11 bits per heavy atom. The van der Waals surface area contributed by atoms with E-state index in [1.165, 1.54) is 23.9 Å². The van der Waals surface area contributed by atoms with Gasteiger partial charge in [0.15, 0.2) is 0 Å². The first-order valence-electron chi connectivity index (χ1n) is 5.83. The maximum absolute atomic E-state index is 13.7. The Labute approximate surface area is 115 Å². The van der Waals surface area contributed by atoms with E-state index in [0.29, 0.717) is 11.4 Å². The van der Waals surface area contributed by atoms with Crippen LogP contribution in [0.5, 0.6) is 0 Å². The zero-order chi connectivity index (χ0) is 14.0. The second-order valence-corrected chi connectivity index (χ2v) is 5.23. The molecular formula is C13H15F2N3S. The molecule has 0 bridgehead atoms. The first-order chi connectivity index (χ1) is 9.02. The van der Waals surface area contributed by atoms with E-state index >= 15 is 0 Å². The van der Waals surface area contributed by atoms with Gasteiger partial charge < -0.3 is 5.32 Å². The summed E-state index contributed by atoms with van der Waals surface area (Å²) >= 11 is 1.26. The summed E-state index contributed by atoms with van der Waals surface area (Å²) < 4.78 is 28.3. The normalized spacial score (nSPS) is 11.0. The van der Waals surface area contributed by atoms with Gasteiger partial charge in [-0.3, -0.25) is 4.68 Å². The quantitative estimate of drug-likeness (QED) is 0.935. The molecule has 0 aliphatic carbocycles. The molecule has 0 saturated heterocycles. The second kappa shape index (κ2) is 5.71. The van der Waals surface area contributed by atoms with Gasteiger partial charge in [-0.05, 0) is 26.1 Å². The summed E-state index contributed by atoms with van der Waals surface area (Å²) in [6.45, 7) is 2.57. The highest BCUT2D eigenvalue weighted by Crippen LogP contribution is 2.33. The SMILES string of the molecule is CNCc1c(C)nn(C)c1Sc1ccc(F)cc1F. The van der Waals surface area contributed by atoms with E-state index in [9.17, 15) is 8.78 Å². The zero-order valence-electron chi connectivity index (χ0n) is 11.0. The summed E-state index contributed by atoms with van der Waals surface area (Å²) in [6, 6.07) is 3.59. The molecule has 2 aromatic rings. The number of aromatic nitrogens is 2. The highest BCUT2D eigenvalue weighted by atomic mass is 32.2. The van der Waals surface area contributed by atoms with Crippen molar-refractivity contribution in [2.75, 3.05) is 7.05 Å². The van der Waals surface area contributed by atoms with Gasteiger partial charge in [0, 0.05) is 30.1 Å². The van der Waals surface area contributed by atoms with Crippen molar-refractivity contribution in [2.24, 2.45) is 7.05 Å². The first kappa shape index (κ1) is 14.0. The average molecular weight is 283 g/mol. The molecular weight excluding hydrogens is 268 g/mol. The van der Waals surface area contributed by atoms with Crippen LogP contribution in [0.4, 0.5) is 8.78 Å². The van der Waals surface area contributed by atoms with Gasteiger partial charge in [-0.2, -0.15) is 5.10 Å². The van der Waals surface area contributed by atoms with Crippen molar-refractivity contribution in [1.29, 1.82) is 0 Å². The average Bonchev–Trinajstić information content (AvgIpc) is 2.60. The minimum absolute atomic E-state index is 0.391. The molecule has 0 fully saturated rings. The fraction of sp³-hybridized carbons (Fsp3) is 0.308. The van der Waals surface area contributed by atoms with Crippen LogP contribution in [0.25, 0.3) is 0 Å². The van der Waals surface area contributed by atoms with Crippen LogP contribution in [-0.4, -0.2) is 16.8 Å². The molecule has 1 aromatic carbocycles. The molecule has 102 valence electrons. The van der Waals surface area contributed by atoms with Gasteiger partial charge in [-0.15, -0.1) is 0 Å². The topological polar surface area (TPSA) is 29.9 Å². The number of nitrogens with zero attached hydrogens (tertiary/aromatic N) is 2. The van der Waals surface area contributed by atoms with Crippen LogP contribution in [0.3, 0.4) is 0 Å². The lowest BCUT2D eigenvalue weighted by molar-refractivity contribution is 0.565. The fourth-order valence-corrected chi connectivity index (χ4v) is 2.87. The molecule has 0 saturated carbocycles. The highest BCUT2D eigenvalue weighted by Gasteiger charge is 2.15. The fourth-order valence-electron chi connectivity index (χ4n) is 1.85. The Bertz CT molecular complexity index is 596. The lowest BCUT2D eigenvalue weighted by Crippen LogP contribution is -2.06. The Morgan fingerprint density at radius 3 is 2.74 bits per heavy atom. The van der Waals surface area contributed by atoms with E-state index in [1.807, 2.05) is 21.0 Å². The van der Waals surface area contributed by atoms with Gasteiger partial charge in [0.25, 0.3) is 0 Å². The lowest BCUT2D eigenvalue weighted by Gasteiger charge is -2.07. The number of aryl methyl sites for hydroxylation is 2. The van der Waals surface area contributed by atoms with Crippen molar-refractivity contribution in [2.45, 2.75) is 23.4 Å². The smallest absolute Gasteiger partial charge is 0.140 e. The molecule has 0 aliphatic rings. The predicted octanol–water partition coefficient (Wildman–Crippen LogP) is 2.88. The third-order valence-electron chi connectivity index (χ3n) is 2.74. The number of halogens is 2. The molecule has 1 aromatic heterocycles. The number of hydrogen-bond donors (Lipinski definition) is 1. The van der Waals surface area contributed by atoms with Gasteiger partial charge in [0.1, 0.15) is 16.7 Å². The number of nitrogens with one attached hydrogen (secondary N) is 1. The van der Waals surface area contributed by atoms with Crippen molar-refractivity contribution >= 4 is 11.8 Å². The molecule has 2 rings (SSSR count). The summed E-state index contributed by atoms with van der Waals surface area (Å²) in [4.78, 5) is 0.391. The van der Waals surface area contributed by atoms with Gasteiger partial charge in [-0.1, -0.05) is 11.8 Å². The Kier molecular flexibility index (Phi) is 4.21. The molecule has 0 unspecified atom stereocenters. The van der Waals surface area contributed by atoms with Crippen LogP contribution in [0.2, 0.25) is 0 Å². The van der Waals surface area contributed by atoms with E-state index in [1.54, 1.807) is 4.68 Å². The molecule has 0 radical (unpaired) electrons. The molecule has 0 atom stereocenters. The van der Waals surface area contributed by atoms with Crippen molar-refractivity contribution in [3.05, 3.63) is 41.1 Å². The van der Waals surface area contributed by atoms with Crippen LogP contribution in [-0.2, 0) is 13.6 Å². The molecule has 0 spiro atoms. The van der Waals surface area contributed by atoms with Gasteiger partial charge in [0.2, 0.25) is 0 Å². The van der Waals surface area contributed by atoms with Gasteiger partial charge in [-0.25, -0.2) is 8.78 Å². The summed E-state index contributed by atoms with van der Waals surface area (Å²) in [5, 5.41) is 8.26. The first-order valence-corrected chi connectivity index (χ1v) is 6.64. The molecule has 0 amide bonds. The zero-order valence-corrected chi connectivity index (χ0v) is 11.8. The Hall–Kier alpha value is -1.40. The molecule has 1 N–H and O–H groups in total. The molecule has 6 heteroatoms. The maximum atomic E-state index is 13.7. The van der Waals surface area contributed by atoms with Crippen LogP contribution < -0.4 is 5.32 Å². The number of rotatable bonds is 4. The summed E-state index contributed by atoms with van der Waals surface area (Å²) in [5.74, 6) is -1.13. The summed E-state index contributed by atoms with van der Waals surface area (Å²) in [7, 11) is 3.66. The van der Waals surface area contributed by atoms with Crippen LogP contribution >= 0.6 is 11.8 Å². The Balaban J connectivity index is 2.37. The van der Waals surface area contributed by atoms with E-state index in [0.717, 1.165) is 22.3 Å². The van der Waals surface area contributed by atoms with Gasteiger partial charge in [0.05, 0.1) is 5.69 Å². The van der Waals surface area contributed by atoms with Crippen molar-refractivity contribution in [3.8, 4) is 0 Å². The van der Waals surface area contributed by atoms with Crippen LogP contribution in [0.1, 0.15) is 11.3 Å². The molecule has 1 heterocycles. The van der Waals surface area contributed by atoms with Crippen LogP contribution in [0.15, 0.2) is 28.1 Å². The largest absolute Gasteiger partial charge is 0.316 e. The van der Waals surface area contributed by atoms with Gasteiger partial charge >= 0.3 is 0 Å². The summed E-state index contributed by atoms with van der Waals surface area (Å²) in [6.07, 6.45) is 0. The molecule has 3 nitrogen and oxygen atoms in total. The van der Waals surface area contributed by atoms with E-state index in [4.69, 9.17) is 0 Å². The second-order valence-electron chi connectivity index (χ2n) is 4.20. The van der Waals surface area contributed by atoms with E-state index in [-0.39, 0.29) is 0 Å². The van der Waals surface area contributed by atoms with Crippen molar-refractivity contribution in [3.63, 3.8) is 0 Å². The third kappa shape index (κ3) is 2.96. The summed E-state index contributed by atoms with van der Waals surface area (Å²) in [5.41, 5.74) is 1.93. The monoisotopic (exact) mass is 283 g/mol. The standard InChI is InChI=1S/C13H15F2N3S/c1-8-10(7-16-2)13(18(3)17-8)19-12-5-4-9(14)6-11(12)15/h4-6,16H,7H2,1-3H3. The van der Waals surface area contributed by atoms with Crippen molar-refractivity contribution in [1.82, 2.24) is 15.1 Å². The minimum atomic E-state index is -0.571. The highest BCUT2D eigenvalue weighted by molar-refractivity contribution is 7.99. The predicted molar refractivity (Wildman–Crippen MR) is 71.2 cm³/mol. The third-order valence-corrected chi connectivity index (χ3v) is 4.00. The van der Waals surface area contributed by atoms with Crippen LogP contribution in [0, 0.1) is 18.6 Å². The Morgan fingerprint density at radius 1 is 1.37 bits per heavy atom. The lowest BCUT2D eigenvalue weighted by atomic mass is 10.3. The minimum Gasteiger partial charge on any atom is -0.316 e. The number of benzene rings is 1. The molecule has 19 heavy (non-hydrogen) atoms. The van der Waals surface area contributed by atoms with E-state index in [2.05, 4.69) is 10.4 Å².